The average Bonchev–Trinajstić information content (AvgIpc) is 2.97. The summed E-state index contributed by atoms with van der Waals surface area (Å²) in [6.45, 7) is 2.97. The average molecular weight is 317 g/mol. The van der Waals surface area contributed by atoms with Crippen molar-refractivity contribution in [3.8, 4) is 11.5 Å². The summed E-state index contributed by atoms with van der Waals surface area (Å²) in [5.41, 5.74) is 1.21. The maximum absolute atomic E-state index is 12.4. The molecule has 1 heterocycles. The van der Waals surface area contributed by atoms with Crippen LogP contribution in [0.2, 0.25) is 0 Å². The van der Waals surface area contributed by atoms with E-state index in [4.69, 9.17) is 9.47 Å². The molecule has 0 spiro atoms. The van der Waals surface area contributed by atoms with Gasteiger partial charge in [0.15, 0.2) is 23.4 Å². The first-order valence-corrected chi connectivity index (χ1v) is 8.45. The number of methoxy groups -OCH3 is 1. The molecule has 5 heteroatoms. The number of aliphatic hydroxyl groups is 1. The Morgan fingerprint density at radius 2 is 2.30 bits per heavy atom. The normalized spacial score (nSPS) is 34.0. The van der Waals surface area contributed by atoms with E-state index >= 15 is 0 Å². The van der Waals surface area contributed by atoms with Crippen LogP contribution in [0.15, 0.2) is 12.1 Å². The van der Waals surface area contributed by atoms with Crippen LogP contribution in [0.1, 0.15) is 43.2 Å². The SMILES string of the molecule is CCCN[C@H]1Cc2ccc(OC)c3c2C2C(O3)C(=O)CC[C@@]21O. The van der Waals surface area contributed by atoms with Gasteiger partial charge in [-0.15, -0.1) is 0 Å². The number of rotatable bonds is 4. The van der Waals surface area contributed by atoms with Gasteiger partial charge in [0.2, 0.25) is 0 Å². The molecule has 2 N–H and O–H groups in total. The fraction of sp³-hybridized carbons (Fsp3) is 0.611. The summed E-state index contributed by atoms with van der Waals surface area (Å²) in [5, 5.41) is 15.0. The number of hydrogen-bond acceptors (Lipinski definition) is 5. The Morgan fingerprint density at radius 3 is 3.04 bits per heavy atom. The molecular formula is C18H23NO4. The molecule has 2 unspecified atom stereocenters. The zero-order valence-electron chi connectivity index (χ0n) is 13.6. The minimum absolute atomic E-state index is 0.0431. The summed E-state index contributed by atoms with van der Waals surface area (Å²) in [7, 11) is 1.60. The summed E-state index contributed by atoms with van der Waals surface area (Å²) in [6, 6.07) is 3.90. The minimum atomic E-state index is -0.932. The van der Waals surface area contributed by atoms with E-state index in [1.165, 1.54) is 0 Å². The van der Waals surface area contributed by atoms with E-state index in [1.54, 1.807) is 7.11 Å². The number of carbonyl (C=O) groups is 1. The lowest BCUT2D eigenvalue weighted by Crippen LogP contribution is -2.63. The van der Waals surface area contributed by atoms with Crippen molar-refractivity contribution in [3.63, 3.8) is 0 Å². The third-order valence-corrected chi connectivity index (χ3v) is 5.62. The van der Waals surface area contributed by atoms with E-state index in [2.05, 4.69) is 12.2 Å². The van der Waals surface area contributed by atoms with Gasteiger partial charge in [-0.3, -0.25) is 4.79 Å². The molecule has 0 saturated heterocycles. The van der Waals surface area contributed by atoms with Gasteiger partial charge >= 0.3 is 0 Å². The number of hydrogen-bond donors (Lipinski definition) is 2. The molecule has 1 fully saturated rings. The Balaban J connectivity index is 1.85. The van der Waals surface area contributed by atoms with Crippen LogP contribution >= 0.6 is 0 Å². The molecule has 2 aliphatic carbocycles. The Morgan fingerprint density at radius 1 is 1.48 bits per heavy atom. The summed E-state index contributed by atoms with van der Waals surface area (Å²) in [4.78, 5) is 12.4. The van der Waals surface area contributed by atoms with Crippen molar-refractivity contribution in [1.82, 2.24) is 5.32 Å². The van der Waals surface area contributed by atoms with Crippen LogP contribution < -0.4 is 14.8 Å². The smallest absolute Gasteiger partial charge is 0.174 e. The summed E-state index contributed by atoms with van der Waals surface area (Å²) in [6.07, 6.45) is 2.05. The topological polar surface area (TPSA) is 67.8 Å². The van der Waals surface area contributed by atoms with E-state index in [0.29, 0.717) is 24.3 Å². The number of nitrogens with one attached hydrogen (secondary N) is 1. The first-order chi connectivity index (χ1) is 11.1. The Hall–Kier alpha value is -1.59. The van der Waals surface area contributed by atoms with E-state index < -0.39 is 11.7 Å². The quantitative estimate of drug-likeness (QED) is 0.882. The molecule has 124 valence electrons. The van der Waals surface area contributed by atoms with Gasteiger partial charge in [0.05, 0.1) is 18.6 Å². The first-order valence-electron chi connectivity index (χ1n) is 8.45. The third kappa shape index (κ3) is 1.96. The first kappa shape index (κ1) is 15.0. The van der Waals surface area contributed by atoms with E-state index in [1.807, 2.05) is 12.1 Å². The van der Waals surface area contributed by atoms with Gasteiger partial charge in [0, 0.05) is 18.0 Å². The lowest BCUT2D eigenvalue weighted by molar-refractivity contribution is -0.141. The summed E-state index contributed by atoms with van der Waals surface area (Å²) in [5.74, 6) is 1.10. The molecule has 0 amide bonds. The van der Waals surface area contributed by atoms with Crippen LogP contribution in [0.5, 0.6) is 11.5 Å². The molecular weight excluding hydrogens is 294 g/mol. The van der Waals surface area contributed by atoms with Crippen molar-refractivity contribution in [1.29, 1.82) is 0 Å². The second-order valence-electron chi connectivity index (χ2n) is 6.85. The number of ketones is 1. The van der Waals surface area contributed by atoms with Crippen molar-refractivity contribution < 1.29 is 19.4 Å². The summed E-state index contributed by atoms with van der Waals surface area (Å²) >= 11 is 0. The maximum atomic E-state index is 12.4. The highest BCUT2D eigenvalue weighted by Gasteiger charge is 2.60. The van der Waals surface area contributed by atoms with Crippen LogP contribution in [-0.2, 0) is 11.2 Å². The molecule has 5 nitrogen and oxygen atoms in total. The monoisotopic (exact) mass is 317 g/mol. The highest BCUT2D eigenvalue weighted by Crippen LogP contribution is 2.57. The fourth-order valence-corrected chi connectivity index (χ4v) is 4.51. The van der Waals surface area contributed by atoms with Gasteiger partial charge in [-0.2, -0.15) is 0 Å². The highest BCUT2D eigenvalue weighted by atomic mass is 16.5. The van der Waals surface area contributed by atoms with Gasteiger partial charge in [-0.05, 0) is 37.4 Å². The van der Waals surface area contributed by atoms with E-state index in [-0.39, 0.29) is 17.7 Å². The molecule has 0 aromatic heterocycles. The number of carbonyl (C=O) groups excluding carboxylic acids is 1. The van der Waals surface area contributed by atoms with Gasteiger partial charge in [0.1, 0.15) is 0 Å². The number of ether oxygens (including phenoxy) is 2. The third-order valence-electron chi connectivity index (χ3n) is 5.62. The highest BCUT2D eigenvalue weighted by molar-refractivity contribution is 5.88. The van der Waals surface area contributed by atoms with Gasteiger partial charge in [-0.1, -0.05) is 13.0 Å². The van der Waals surface area contributed by atoms with Crippen molar-refractivity contribution in [3.05, 3.63) is 23.3 Å². The molecule has 4 rings (SSSR count). The molecule has 1 aromatic rings. The molecule has 1 aromatic carbocycles. The Labute approximate surface area is 136 Å². The lowest BCUT2D eigenvalue weighted by Gasteiger charge is -2.48. The van der Waals surface area contributed by atoms with Gasteiger partial charge < -0.3 is 19.9 Å². The molecule has 4 atom stereocenters. The maximum Gasteiger partial charge on any atom is 0.174 e. The number of Topliss-reactive ketones (excluding diaryl/α,β-unsaturated/α-hetero) is 1. The van der Waals surface area contributed by atoms with Crippen LogP contribution in [0.3, 0.4) is 0 Å². The molecule has 0 bridgehead atoms. The van der Waals surface area contributed by atoms with Crippen molar-refractivity contribution in [2.24, 2.45) is 0 Å². The van der Waals surface area contributed by atoms with E-state index in [0.717, 1.165) is 30.5 Å². The predicted octanol–water partition coefficient (Wildman–Crippen LogP) is 1.56. The second kappa shape index (κ2) is 5.21. The zero-order valence-corrected chi connectivity index (χ0v) is 13.6. The zero-order chi connectivity index (χ0) is 16.2. The van der Waals surface area contributed by atoms with Crippen LogP contribution in [0.4, 0.5) is 0 Å². The number of benzene rings is 1. The van der Waals surface area contributed by atoms with Gasteiger partial charge in [0.25, 0.3) is 0 Å². The molecule has 0 radical (unpaired) electrons. The second-order valence-corrected chi connectivity index (χ2v) is 6.85. The standard InChI is InChI=1S/C18H23NO4/c1-3-8-19-13-9-10-4-5-12(22-2)17-14(10)15-16(23-17)11(20)6-7-18(13,15)21/h4-5,13,15-16,19,21H,3,6-9H2,1-2H3/t13-,15?,16?,18-/m0/s1. The summed E-state index contributed by atoms with van der Waals surface area (Å²) < 4.78 is 11.4. The van der Waals surface area contributed by atoms with Crippen molar-refractivity contribution >= 4 is 5.78 Å². The van der Waals surface area contributed by atoms with E-state index in [9.17, 15) is 9.90 Å². The largest absolute Gasteiger partial charge is 0.493 e. The predicted molar refractivity (Wildman–Crippen MR) is 85.1 cm³/mol. The fourth-order valence-electron chi connectivity index (χ4n) is 4.51. The molecule has 3 aliphatic rings. The molecule has 1 saturated carbocycles. The minimum Gasteiger partial charge on any atom is -0.493 e. The molecule has 23 heavy (non-hydrogen) atoms. The molecule has 1 aliphatic heterocycles. The van der Waals surface area contributed by atoms with Crippen LogP contribution in [0.25, 0.3) is 0 Å². The van der Waals surface area contributed by atoms with Gasteiger partial charge in [-0.25, -0.2) is 0 Å². The Kier molecular flexibility index (Phi) is 3.39. The van der Waals surface area contributed by atoms with Crippen LogP contribution in [-0.4, -0.2) is 42.3 Å². The van der Waals surface area contributed by atoms with Crippen LogP contribution in [0, 0.1) is 0 Å². The van der Waals surface area contributed by atoms with Crippen molar-refractivity contribution in [2.45, 2.75) is 56.3 Å². The lowest BCUT2D eigenvalue weighted by atomic mass is 9.62. The Bertz CT molecular complexity index is 659. The van der Waals surface area contributed by atoms with Crippen molar-refractivity contribution in [2.75, 3.05) is 13.7 Å².